The number of thioether (sulfide) groups is 1. The van der Waals surface area contributed by atoms with Crippen molar-refractivity contribution in [3.8, 4) is 0 Å². The predicted octanol–water partition coefficient (Wildman–Crippen LogP) is 2.45. The molecule has 0 radical (unpaired) electrons. The second kappa shape index (κ2) is 11.3. The number of alkyl halides is 1. The van der Waals surface area contributed by atoms with Gasteiger partial charge in [0.2, 0.25) is 5.91 Å². The molecule has 3 amide bonds. The van der Waals surface area contributed by atoms with Crippen LogP contribution in [0.5, 0.6) is 0 Å². The zero-order valence-electron chi connectivity index (χ0n) is 21.1. The Bertz CT molecular complexity index is 1230. The highest BCUT2D eigenvalue weighted by molar-refractivity contribution is 14.1. The van der Waals surface area contributed by atoms with E-state index >= 15 is 0 Å². The maximum absolute atomic E-state index is 13.3. The second-order valence-electron chi connectivity index (χ2n) is 10.2. The Morgan fingerprint density at radius 1 is 1.14 bits per heavy atom. The number of carbonyl (C=O) groups is 3. The molecule has 4 N–H and O–H groups in total. The van der Waals surface area contributed by atoms with Gasteiger partial charge in [0.15, 0.2) is 5.04 Å². The van der Waals surface area contributed by atoms with Crippen molar-refractivity contribution in [2.75, 3.05) is 27.2 Å². The fourth-order valence-corrected chi connectivity index (χ4v) is 7.37. The Hall–Kier alpha value is -2.12. The van der Waals surface area contributed by atoms with Crippen molar-refractivity contribution >= 4 is 68.0 Å². The van der Waals surface area contributed by atoms with Gasteiger partial charge in [-0.1, -0.05) is 40.4 Å². The van der Waals surface area contributed by atoms with Gasteiger partial charge in [-0.05, 0) is 63.0 Å². The molecule has 2 fully saturated rings. The first-order valence-corrected chi connectivity index (χ1v) is 15.2. The molecule has 1 saturated heterocycles. The van der Waals surface area contributed by atoms with Gasteiger partial charge >= 0.3 is 0 Å². The van der Waals surface area contributed by atoms with E-state index in [-0.39, 0.29) is 41.8 Å². The SMILES string of the molecule is CNC(=O)[C@H]1CC[C@@H](NC(=O)C2=NC3CCN(C)CC3S2)[C@@H](NC(=O)c2cc3cc(CI)ccc3[nH]2)C1. The Balaban J connectivity index is 1.30. The quantitative estimate of drug-likeness (QED) is 0.287. The molecule has 2 aliphatic heterocycles. The van der Waals surface area contributed by atoms with Crippen molar-refractivity contribution in [2.45, 2.75) is 53.5 Å². The topological polar surface area (TPSA) is 119 Å². The van der Waals surface area contributed by atoms with Crippen LogP contribution in [-0.2, 0) is 14.0 Å². The van der Waals surface area contributed by atoms with Crippen LogP contribution in [0.4, 0.5) is 0 Å². The standard InChI is InChI=1S/C26H33IN6O3S/c1-28-23(34)15-4-6-18(30-25(36)26-32-19-7-8-33(2)13-22(19)37-26)20(10-15)31-24(35)21-11-16-9-14(12-27)3-5-17(16)29-21/h3,5,9,11,15,18-20,22,29H,4,6-8,10,12-13H2,1-2H3,(H,28,34)(H,30,36)(H,31,35)/t15-,18+,19?,20-,22?/m0/s1. The number of aromatic nitrogens is 1. The highest BCUT2D eigenvalue weighted by atomic mass is 127. The largest absolute Gasteiger partial charge is 0.359 e. The minimum atomic E-state index is -0.371. The summed E-state index contributed by atoms with van der Waals surface area (Å²) in [6.07, 6.45) is 2.68. The van der Waals surface area contributed by atoms with Crippen LogP contribution in [-0.4, -0.2) is 83.2 Å². The summed E-state index contributed by atoms with van der Waals surface area (Å²) in [5.74, 6) is -0.670. The van der Waals surface area contributed by atoms with Crippen LogP contribution in [0.15, 0.2) is 29.3 Å². The number of hydrogen-bond acceptors (Lipinski definition) is 6. The lowest BCUT2D eigenvalue weighted by molar-refractivity contribution is -0.125. The number of rotatable bonds is 6. The normalized spacial score (nSPS) is 27.9. The molecule has 1 aromatic carbocycles. The molecule has 2 unspecified atom stereocenters. The first-order chi connectivity index (χ1) is 17.8. The monoisotopic (exact) mass is 636 g/mol. The third kappa shape index (κ3) is 5.83. The summed E-state index contributed by atoms with van der Waals surface area (Å²) in [6, 6.07) is 7.51. The van der Waals surface area contributed by atoms with E-state index in [0.717, 1.165) is 34.8 Å². The van der Waals surface area contributed by atoms with E-state index in [1.54, 1.807) is 18.8 Å². The summed E-state index contributed by atoms with van der Waals surface area (Å²) >= 11 is 3.88. The van der Waals surface area contributed by atoms with Crippen molar-refractivity contribution in [2.24, 2.45) is 10.9 Å². The Morgan fingerprint density at radius 3 is 2.73 bits per heavy atom. The van der Waals surface area contributed by atoms with Gasteiger partial charge in [0.25, 0.3) is 11.8 Å². The van der Waals surface area contributed by atoms with Crippen molar-refractivity contribution in [3.63, 3.8) is 0 Å². The zero-order chi connectivity index (χ0) is 26.1. The van der Waals surface area contributed by atoms with Gasteiger partial charge in [-0.3, -0.25) is 19.4 Å². The van der Waals surface area contributed by atoms with Crippen LogP contribution >= 0.6 is 34.4 Å². The van der Waals surface area contributed by atoms with Crippen LogP contribution in [0.1, 0.15) is 41.7 Å². The van der Waals surface area contributed by atoms with Gasteiger partial charge in [0.1, 0.15) is 5.69 Å². The van der Waals surface area contributed by atoms with Crippen molar-refractivity contribution in [1.29, 1.82) is 0 Å². The molecule has 9 nitrogen and oxygen atoms in total. The maximum Gasteiger partial charge on any atom is 0.276 e. The van der Waals surface area contributed by atoms with E-state index < -0.39 is 0 Å². The third-order valence-corrected chi connectivity index (χ3v) is 9.81. The van der Waals surface area contributed by atoms with Crippen molar-refractivity contribution in [1.82, 2.24) is 25.8 Å². The van der Waals surface area contributed by atoms with Crippen LogP contribution < -0.4 is 16.0 Å². The van der Waals surface area contributed by atoms with Gasteiger partial charge in [-0.15, -0.1) is 0 Å². The van der Waals surface area contributed by atoms with Crippen LogP contribution in [0.25, 0.3) is 10.9 Å². The number of nitrogens with one attached hydrogen (secondary N) is 4. The number of benzene rings is 1. The molecule has 0 spiro atoms. The molecule has 5 atom stereocenters. The van der Waals surface area contributed by atoms with Gasteiger partial charge in [-0.25, -0.2) is 0 Å². The minimum absolute atomic E-state index is 0.0371. The molecule has 5 rings (SSSR count). The maximum atomic E-state index is 13.3. The van der Waals surface area contributed by atoms with Crippen LogP contribution in [0.3, 0.4) is 0 Å². The molecule has 1 saturated carbocycles. The summed E-state index contributed by atoms with van der Waals surface area (Å²) in [5, 5.41) is 10.8. The Labute approximate surface area is 234 Å². The third-order valence-electron chi connectivity index (χ3n) is 7.65. The number of fused-ring (bicyclic) bond motifs is 2. The minimum Gasteiger partial charge on any atom is -0.359 e. The van der Waals surface area contributed by atoms with Gasteiger partial charge in [0.05, 0.1) is 12.1 Å². The number of aromatic amines is 1. The van der Waals surface area contributed by atoms with Gasteiger partial charge in [-0.2, -0.15) is 0 Å². The summed E-state index contributed by atoms with van der Waals surface area (Å²) in [5.41, 5.74) is 2.57. The molecule has 3 heterocycles. The molecule has 0 bridgehead atoms. The lowest BCUT2D eigenvalue weighted by atomic mass is 9.81. The van der Waals surface area contributed by atoms with Crippen molar-refractivity contribution < 1.29 is 14.4 Å². The summed E-state index contributed by atoms with van der Waals surface area (Å²) in [7, 11) is 3.73. The number of hydrogen-bond donors (Lipinski definition) is 4. The summed E-state index contributed by atoms with van der Waals surface area (Å²) in [4.78, 5) is 49.1. The highest BCUT2D eigenvalue weighted by Crippen LogP contribution is 2.33. The van der Waals surface area contributed by atoms with Gasteiger partial charge < -0.3 is 25.8 Å². The van der Waals surface area contributed by atoms with E-state index in [1.807, 2.05) is 18.2 Å². The fraction of sp³-hybridized carbons (Fsp3) is 0.538. The van der Waals surface area contributed by atoms with Crippen LogP contribution in [0.2, 0.25) is 0 Å². The smallest absolute Gasteiger partial charge is 0.276 e. The molecule has 2 aromatic rings. The number of carbonyl (C=O) groups excluding carboxylic acids is 3. The second-order valence-corrected chi connectivity index (χ2v) is 12.2. The number of piperidine rings is 1. The van der Waals surface area contributed by atoms with Gasteiger partial charge in [0, 0.05) is 46.1 Å². The number of H-pyrrole nitrogens is 1. The lowest BCUT2D eigenvalue weighted by Gasteiger charge is -2.36. The number of likely N-dealkylation sites (tertiary alicyclic amines) is 1. The first kappa shape index (κ1) is 26.5. The molecule has 198 valence electrons. The molecule has 1 aliphatic carbocycles. The van der Waals surface area contributed by atoms with E-state index in [4.69, 9.17) is 4.99 Å². The van der Waals surface area contributed by atoms with Crippen molar-refractivity contribution in [3.05, 3.63) is 35.5 Å². The average molecular weight is 637 g/mol. The molecule has 37 heavy (non-hydrogen) atoms. The lowest BCUT2D eigenvalue weighted by Crippen LogP contribution is -2.56. The predicted molar refractivity (Wildman–Crippen MR) is 155 cm³/mol. The molecular formula is C26H33IN6O3S. The average Bonchev–Trinajstić information content (AvgIpc) is 3.52. The molecule has 3 aliphatic rings. The number of nitrogens with zero attached hydrogens (tertiary/aromatic N) is 2. The van der Waals surface area contributed by atoms with Crippen LogP contribution in [0, 0.1) is 5.92 Å². The number of halogens is 1. The zero-order valence-corrected chi connectivity index (χ0v) is 24.0. The molecule has 11 heteroatoms. The highest BCUT2D eigenvalue weighted by Gasteiger charge is 2.39. The van der Waals surface area contributed by atoms with E-state index in [9.17, 15) is 14.4 Å². The van der Waals surface area contributed by atoms with E-state index in [0.29, 0.717) is 35.3 Å². The Kier molecular flexibility index (Phi) is 8.10. The van der Waals surface area contributed by atoms with E-state index in [2.05, 4.69) is 61.5 Å². The first-order valence-electron chi connectivity index (χ1n) is 12.8. The van der Waals surface area contributed by atoms with E-state index in [1.165, 1.54) is 5.56 Å². The summed E-state index contributed by atoms with van der Waals surface area (Å²) in [6.45, 7) is 1.92. The molecule has 1 aromatic heterocycles. The number of aliphatic imine (C=N–C) groups is 1. The Morgan fingerprint density at radius 2 is 1.95 bits per heavy atom. The summed E-state index contributed by atoms with van der Waals surface area (Å²) < 4.78 is 0.895. The molecular weight excluding hydrogens is 603 g/mol. The number of amides is 3. The fourth-order valence-electron chi connectivity index (χ4n) is 5.57.